The number of anilines is 2. The molecule has 0 aliphatic carbocycles. The number of aryl methyl sites for hydroxylation is 1. The predicted molar refractivity (Wildman–Crippen MR) is 261 cm³/mol. The van der Waals surface area contributed by atoms with Crippen LogP contribution >= 0.6 is 19.4 Å². The topological polar surface area (TPSA) is 375 Å². The van der Waals surface area contributed by atoms with Gasteiger partial charge in [-0.05, 0) is 75.6 Å². The van der Waals surface area contributed by atoms with Crippen molar-refractivity contribution in [3.05, 3.63) is 75.2 Å². The Bertz CT molecular complexity index is 2550. The lowest BCUT2D eigenvalue weighted by Gasteiger charge is -2.28. The van der Waals surface area contributed by atoms with E-state index >= 15 is 0 Å². The standard InChI is InChI=1S/C45H62ClN12O13P/c1-26(2)18-34(54-45(66)37-10-9-16-58(37)28(4)60)42(63)53-35(43(64)55-36(24-59)44(65)56-38(40(48)61)27(3)71-72(67,68)69)19-32-23-49-25-57(32)15-7-5-6-8-17-70-51-22-29-21-50-41(62)33(20-47)39(29)52-31-13-11-30(46)12-14-31/h11-14,21-23,25-27,34-38,59H,5-10,15-19,24H2,1-4H3,(H2,48,61)(H,53,63)(H,54,66)(H,55,64)(H,56,65)(H2,50,52,62)(H2,67,68,69)/b51-22+/t27-,34+,35+,36+,37+,38+/m1/s1. The SMILES string of the molecule is CC(=O)N1CCC[C@H]1C(=O)N[C@@H](CC(C)C)C(=O)N[C@@H](Cc1cncn1CCCCCCO/N=C/c1c[nH]c(=O)c(C#N)c1Nc1ccc(Cl)cc1)C(=O)N[C@@H](CO)C(=O)N[C@H](C(N)=O)[C@@H](C)OP(=O)(O)O. The Balaban J connectivity index is 1.43. The number of amides is 6. The number of halogens is 1. The number of phosphoric acid groups is 1. The number of aliphatic hydroxyl groups excluding tert-OH is 1. The molecule has 27 heteroatoms. The molecule has 1 saturated heterocycles. The van der Waals surface area contributed by atoms with Crippen LogP contribution in [0.5, 0.6) is 0 Å². The molecule has 4 rings (SSSR count). The van der Waals surface area contributed by atoms with Crippen molar-refractivity contribution in [2.45, 2.75) is 122 Å². The molecular weight excluding hydrogens is 983 g/mol. The third-order valence-corrected chi connectivity index (χ3v) is 12.2. The minimum atomic E-state index is -5.15. The molecule has 3 heterocycles. The molecule has 1 aliphatic heterocycles. The van der Waals surface area contributed by atoms with E-state index in [0.29, 0.717) is 60.7 Å². The highest BCUT2D eigenvalue weighted by Gasteiger charge is 2.37. The van der Waals surface area contributed by atoms with Crippen molar-refractivity contribution in [2.24, 2.45) is 16.8 Å². The molecule has 1 aliphatic rings. The number of oxime groups is 1. The van der Waals surface area contributed by atoms with Crippen molar-refractivity contribution < 1.29 is 57.6 Å². The highest BCUT2D eigenvalue weighted by molar-refractivity contribution is 7.46. The van der Waals surface area contributed by atoms with Crippen LogP contribution in [0, 0.1) is 17.2 Å². The van der Waals surface area contributed by atoms with Gasteiger partial charge in [-0.15, -0.1) is 0 Å². The van der Waals surface area contributed by atoms with Crippen LogP contribution in [0.15, 0.2) is 52.9 Å². The van der Waals surface area contributed by atoms with Gasteiger partial charge in [0.2, 0.25) is 35.4 Å². The number of aromatic amines is 1. The van der Waals surface area contributed by atoms with E-state index in [1.807, 2.05) is 19.9 Å². The summed E-state index contributed by atoms with van der Waals surface area (Å²) in [6.45, 7) is 6.08. The van der Waals surface area contributed by atoms with E-state index in [1.165, 1.54) is 36.8 Å². The van der Waals surface area contributed by atoms with Crippen LogP contribution < -0.4 is 37.9 Å². The van der Waals surface area contributed by atoms with Crippen molar-refractivity contribution in [3.8, 4) is 6.07 Å². The summed E-state index contributed by atoms with van der Waals surface area (Å²) in [7, 11) is -5.15. The van der Waals surface area contributed by atoms with Crippen molar-refractivity contribution in [2.75, 3.05) is 25.1 Å². The van der Waals surface area contributed by atoms with Gasteiger partial charge in [-0.1, -0.05) is 37.0 Å². The molecule has 1 aromatic carbocycles. The van der Waals surface area contributed by atoms with E-state index in [1.54, 1.807) is 28.8 Å². The lowest BCUT2D eigenvalue weighted by atomic mass is 10.0. The number of hydrogen-bond donors (Lipinski definition) is 10. The van der Waals surface area contributed by atoms with Gasteiger partial charge >= 0.3 is 7.82 Å². The Morgan fingerprint density at radius 3 is 2.32 bits per heavy atom. The number of carbonyl (C=O) groups excluding carboxylic acids is 6. The number of aromatic nitrogens is 3. The van der Waals surface area contributed by atoms with Crippen LogP contribution in [0.4, 0.5) is 11.4 Å². The van der Waals surface area contributed by atoms with Gasteiger partial charge in [-0.25, -0.2) is 9.55 Å². The first-order chi connectivity index (χ1) is 34.1. The number of imidazole rings is 1. The number of unbranched alkanes of at least 4 members (excludes halogenated alkanes) is 3. The number of primary amides is 1. The largest absolute Gasteiger partial charge is 0.469 e. The highest BCUT2D eigenvalue weighted by Crippen LogP contribution is 2.38. The Hall–Kier alpha value is -6.68. The number of rotatable bonds is 28. The Labute approximate surface area is 419 Å². The third-order valence-electron chi connectivity index (χ3n) is 11.3. The van der Waals surface area contributed by atoms with Crippen molar-refractivity contribution in [1.82, 2.24) is 40.7 Å². The van der Waals surface area contributed by atoms with Crippen LogP contribution in [0.1, 0.15) is 89.5 Å². The van der Waals surface area contributed by atoms with E-state index in [4.69, 9.17) is 22.2 Å². The van der Waals surface area contributed by atoms with E-state index in [9.17, 15) is 58.3 Å². The fourth-order valence-corrected chi connectivity index (χ4v) is 8.41. The molecule has 0 unspecified atom stereocenters. The Kier molecular flexibility index (Phi) is 22.4. The monoisotopic (exact) mass is 1040 g/mol. The first kappa shape index (κ1) is 57.9. The molecule has 3 aromatic rings. The number of nitrogens with zero attached hydrogens (tertiary/aromatic N) is 5. The molecule has 2 aromatic heterocycles. The number of benzene rings is 1. The lowest BCUT2D eigenvalue weighted by molar-refractivity contribution is -0.139. The number of H-pyrrole nitrogens is 1. The smallest absolute Gasteiger partial charge is 0.396 e. The van der Waals surface area contributed by atoms with Crippen LogP contribution in [0.3, 0.4) is 0 Å². The van der Waals surface area contributed by atoms with Gasteiger partial charge in [-0.3, -0.25) is 38.1 Å². The first-order valence-electron chi connectivity index (χ1n) is 23.1. The number of carbonyl (C=O) groups is 6. The Morgan fingerprint density at radius 1 is 1.01 bits per heavy atom. The van der Waals surface area contributed by atoms with Crippen LogP contribution in [0.2, 0.25) is 5.02 Å². The van der Waals surface area contributed by atoms with Gasteiger partial charge in [0.1, 0.15) is 48.4 Å². The minimum absolute atomic E-state index is 0.128. The summed E-state index contributed by atoms with van der Waals surface area (Å²) in [6.07, 6.45) is 7.77. The van der Waals surface area contributed by atoms with Gasteiger partial charge in [-0.2, -0.15) is 5.26 Å². The second-order valence-electron chi connectivity index (χ2n) is 17.4. The van der Waals surface area contributed by atoms with Gasteiger partial charge in [0.05, 0.1) is 30.9 Å². The molecule has 72 heavy (non-hydrogen) atoms. The fraction of sp³-hybridized carbons (Fsp3) is 0.511. The lowest BCUT2D eigenvalue weighted by Crippen LogP contribution is -2.61. The average molecular weight is 1050 g/mol. The molecule has 392 valence electrons. The number of phosphoric ester groups is 1. The maximum atomic E-state index is 14.1. The molecule has 0 radical (unpaired) electrons. The maximum Gasteiger partial charge on any atom is 0.469 e. The average Bonchev–Trinajstić information content (AvgIpc) is 4.00. The van der Waals surface area contributed by atoms with Gasteiger partial charge in [0.15, 0.2) is 0 Å². The molecule has 0 saturated carbocycles. The molecule has 0 bridgehead atoms. The summed E-state index contributed by atoms with van der Waals surface area (Å²) in [4.78, 5) is 124. The number of aliphatic hydroxyl groups is 1. The maximum absolute atomic E-state index is 14.1. The second-order valence-corrected chi connectivity index (χ2v) is 19.0. The summed E-state index contributed by atoms with van der Waals surface area (Å²) in [5.41, 5.74) is 6.35. The summed E-state index contributed by atoms with van der Waals surface area (Å²) < 4.78 is 17.7. The summed E-state index contributed by atoms with van der Waals surface area (Å²) >= 11 is 5.99. The second kappa shape index (κ2) is 27.8. The molecular formula is C45H62ClN12O13P. The number of nitrogens with one attached hydrogen (secondary N) is 6. The fourth-order valence-electron chi connectivity index (χ4n) is 7.73. The zero-order valence-corrected chi connectivity index (χ0v) is 41.9. The summed E-state index contributed by atoms with van der Waals surface area (Å²) in [5.74, 6) is -5.13. The number of likely N-dealkylation sites (tertiary alicyclic amines) is 1. The van der Waals surface area contributed by atoms with Gasteiger partial charge in [0, 0.05) is 60.8 Å². The number of nitriles is 1. The predicted octanol–water partition coefficient (Wildman–Crippen LogP) is 0.965. The quantitative estimate of drug-likeness (QED) is 0.0210. The van der Waals surface area contributed by atoms with Crippen LogP contribution in [-0.2, 0) is 55.7 Å². The minimum Gasteiger partial charge on any atom is -0.396 e. The van der Waals surface area contributed by atoms with E-state index in [0.717, 1.165) is 19.8 Å². The van der Waals surface area contributed by atoms with E-state index < -0.39 is 85.8 Å². The van der Waals surface area contributed by atoms with Crippen LogP contribution in [-0.4, -0.2) is 132 Å². The van der Waals surface area contributed by atoms with Gasteiger partial charge < -0.3 is 66.5 Å². The van der Waals surface area contributed by atoms with Crippen molar-refractivity contribution >= 4 is 72.5 Å². The zero-order valence-electron chi connectivity index (χ0n) is 40.2. The number of pyridine rings is 1. The third kappa shape index (κ3) is 17.9. The molecule has 0 spiro atoms. The van der Waals surface area contributed by atoms with Gasteiger partial charge in [0.25, 0.3) is 5.56 Å². The number of nitrogens with two attached hydrogens (primary N) is 1. The molecule has 25 nitrogen and oxygen atoms in total. The Morgan fingerprint density at radius 2 is 1.68 bits per heavy atom. The van der Waals surface area contributed by atoms with Crippen molar-refractivity contribution in [1.29, 1.82) is 5.26 Å². The number of hydrogen-bond acceptors (Lipinski definition) is 15. The normalized spacial score (nSPS) is 15.7. The zero-order chi connectivity index (χ0) is 53.1. The highest BCUT2D eigenvalue weighted by atomic mass is 35.5. The van der Waals surface area contributed by atoms with E-state index in [2.05, 4.69) is 46.2 Å². The molecule has 6 atom stereocenters. The summed E-state index contributed by atoms with van der Waals surface area (Å²) in [6, 6.07) is 1.58. The molecule has 11 N–H and O–H groups in total. The first-order valence-corrected chi connectivity index (χ1v) is 25.0. The summed E-state index contributed by atoms with van der Waals surface area (Å²) in [5, 5.41) is 37.4. The van der Waals surface area contributed by atoms with Crippen molar-refractivity contribution in [3.63, 3.8) is 0 Å². The molecule has 6 amide bonds. The van der Waals surface area contributed by atoms with Crippen LogP contribution in [0.25, 0.3) is 0 Å². The van der Waals surface area contributed by atoms with E-state index in [-0.39, 0.29) is 42.5 Å². The molecule has 1 fully saturated rings.